The second-order valence-corrected chi connectivity index (χ2v) is 3.36. The molecule has 1 heterocycles. The Balaban J connectivity index is 2.21. The van der Waals surface area contributed by atoms with Gasteiger partial charge in [0.15, 0.2) is 0 Å². The Kier molecular flexibility index (Phi) is 1.75. The Bertz CT molecular complexity index is 276. The van der Waals surface area contributed by atoms with Crippen LogP contribution in [0.15, 0.2) is 29.0 Å². The highest BCUT2D eigenvalue weighted by molar-refractivity contribution is 5.84. The lowest BCUT2D eigenvalue weighted by atomic mass is 9.94. The van der Waals surface area contributed by atoms with Crippen molar-refractivity contribution in [3.63, 3.8) is 0 Å². The van der Waals surface area contributed by atoms with Gasteiger partial charge in [0.05, 0.1) is 13.2 Å². The standard InChI is InChI=1S/C10H13NO/c1-7-5-8-3-4-9(12-2)6-10(8)11-7/h3-4,6,8,10H,5H2,1-2H3/t8-,10-/m1/s1. The first kappa shape index (κ1) is 7.59. The zero-order chi connectivity index (χ0) is 8.55. The first-order valence-electron chi connectivity index (χ1n) is 4.27. The van der Waals surface area contributed by atoms with E-state index in [0.717, 1.165) is 12.2 Å². The topological polar surface area (TPSA) is 21.6 Å². The predicted octanol–water partition coefficient (Wildman–Crippen LogP) is 1.94. The van der Waals surface area contributed by atoms with Crippen LogP contribution >= 0.6 is 0 Å². The number of rotatable bonds is 1. The maximum absolute atomic E-state index is 5.14. The molecule has 0 aromatic carbocycles. The fourth-order valence-corrected chi connectivity index (χ4v) is 1.79. The summed E-state index contributed by atoms with van der Waals surface area (Å²) < 4.78 is 5.14. The molecule has 1 aliphatic carbocycles. The molecule has 0 amide bonds. The van der Waals surface area contributed by atoms with E-state index in [1.165, 1.54) is 5.71 Å². The molecule has 2 nitrogen and oxygen atoms in total. The predicted molar refractivity (Wildman–Crippen MR) is 49.2 cm³/mol. The minimum absolute atomic E-state index is 0.338. The molecule has 1 aliphatic heterocycles. The quantitative estimate of drug-likeness (QED) is 0.579. The first-order chi connectivity index (χ1) is 5.79. The van der Waals surface area contributed by atoms with Crippen LogP contribution in [0, 0.1) is 5.92 Å². The summed E-state index contributed by atoms with van der Waals surface area (Å²) in [6, 6.07) is 0.338. The molecule has 2 heteroatoms. The van der Waals surface area contributed by atoms with E-state index in [-0.39, 0.29) is 0 Å². The van der Waals surface area contributed by atoms with Gasteiger partial charge in [-0.1, -0.05) is 6.08 Å². The molecule has 0 aromatic heterocycles. The Morgan fingerprint density at radius 3 is 3.17 bits per heavy atom. The van der Waals surface area contributed by atoms with E-state index >= 15 is 0 Å². The summed E-state index contributed by atoms with van der Waals surface area (Å²) in [6.07, 6.45) is 7.44. The van der Waals surface area contributed by atoms with Crippen LogP contribution in [0.25, 0.3) is 0 Å². The molecule has 0 radical (unpaired) electrons. The maximum atomic E-state index is 5.14. The molecule has 2 atom stereocenters. The highest BCUT2D eigenvalue weighted by atomic mass is 16.5. The van der Waals surface area contributed by atoms with Crippen LogP contribution in [0.1, 0.15) is 13.3 Å². The van der Waals surface area contributed by atoms with Crippen LogP contribution in [0.3, 0.4) is 0 Å². The molecule has 0 spiro atoms. The fourth-order valence-electron chi connectivity index (χ4n) is 1.79. The average Bonchev–Trinajstić information content (AvgIpc) is 2.43. The van der Waals surface area contributed by atoms with Crippen molar-refractivity contribution in [2.75, 3.05) is 7.11 Å². The molecule has 64 valence electrons. The molecule has 0 bridgehead atoms. The summed E-state index contributed by atoms with van der Waals surface area (Å²) >= 11 is 0. The van der Waals surface area contributed by atoms with Crippen LogP contribution in [0.5, 0.6) is 0 Å². The monoisotopic (exact) mass is 163 g/mol. The van der Waals surface area contributed by atoms with E-state index in [4.69, 9.17) is 4.74 Å². The third-order valence-electron chi connectivity index (χ3n) is 2.42. The van der Waals surface area contributed by atoms with Crippen molar-refractivity contribution in [3.05, 3.63) is 24.0 Å². The lowest BCUT2D eigenvalue weighted by molar-refractivity contribution is 0.300. The zero-order valence-electron chi connectivity index (χ0n) is 7.45. The van der Waals surface area contributed by atoms with Crippen molar-refractivity contribution in [1.82, 2.24) is 0 Å². The van der Waals surface area contributed by atoms with Gasteiger partial charge in [0.2, 0.25) is 0 Å². The molecule has 0 aromatic rings. The van der Waals surface area contributed by atoms with Crippen LogP contribution in [0.2, 0.25) is 0 Å². The Morgan fingerprint density at radius 1 is 1.58 bits per heavy atom. The summed E-state index contributed by atoms with van der Waals surface area (Å²) in [6.45, 7) is 2.09. The van der Waals surface area contributed by atoms with Crippen LogP contribution in [-0.2, 0) is 4.74 Å². The highest BCUT2D eigenvalue weighted by Crippen LogP contribution is 2.28. The molecule has 0 saturated heterocycles. The van der Waals surface area contributed by atoms with Gasteiger partial charge in [-0.3, -0.25) is 4.99 Å². The van der Waals surface area contributed by atoms with Crippen molar-refractivity contribution in [2.24, 2.45) is 10.9 Å². The largest absolute Gasteiger partial charge is 0.497 e. The fraction of sp³-hybridized carbons (Fsp3) is 0.500. The number of fused-ring (bicyclic) bond motifs is 1. The van der Waals surface area contributed by atoms with Gasteiger partial charge in [-0.25, -0.2) is 0 Å². The molecule has 2 rings (SSSR count). The second-order valence-electron chi connectivity index (χ2n) is 3.36. The van der Waals surface area contributed by atoms with E-state index in [1.807, 2.05) is 6.08 Å². The third-order valence-corrected chi connectivity index (χ3v) is 2.42. The first-order valence-corrected chi connectivity index (χ1v) is 4.27. The van der Waals surface area contributed by atoms with E-state index in [0.29, 0.717) is 12.0 Å². The van der Waals surface area contributed by atoms with Crippen molar-refractivity contribution < 1.29 is 4.74 Å². The van der Waals surface area contributed by atoms with Gasteiger partial charge in [-0.2, -0.15) is 0 Å². The molecular formula is C10H13NO. The zero-order valence-corrected chi connectivity index (χ0v) is 7.45. The van der Waals surface area contributed by atoms with Crippen LogP contribution in [0.4, 0.5) is 0 Å². The minimum atomic E-state index is 0.338. The number of hydrogen-bond donors (Lipinski definition) is 0. The molecule has 0 unspecified atom stereocenters. The minimum Gasteiger partial charge on any atom is -0.497 e. The summed E-state index contributed by atoms with van der Waals surface area (Å²) in [7, 11) is 1.70. The van der Waals surface area contributed by atoms with Crippen molar-refractivity contribution in [1.29, 1.82) is 0 Å². The highest BCUT2D eigenvalue weighted by Gasteiger charge is 2.26. The maximum Gasteiger partial charge on any atom is 0.116 e. The Labute approximate surface area is 72.6 Å². The van der Waals surface area contributed by atoms with Gasteiger partial charge in [0.1, 0.15) is 5.76 Å². The number of hydrogen-bond acceptors (Lipinski definition) is 2. The molecule has 0 saturated carbocycles. The molecule has 2 aliphatic rings. The number of nitrogens with zero attached hydrogens (tertiary/aromatic N) is 1. The van der Waals surface area contributed by atoms with Gasteiger partial charge in [-0.15, -0.1) is 0 Å². The summed E-state index contributed by atoms with van der Waals surface area (Å²) in [5.74, 6) is 1.53. The van der Waals surface area contributed by atoms with Gasteiger partial charge in [0.25, 0.3) is 0 Å². The van der Waals surface area contributed by atoms with Crippen LogP contribution in [-0.4, -0.2) is 18.9 Å². The van der Waals surface area contributed by atoms with Gasteiger partial charge in [-0.05, 0) is 25.5 Å². The van der Waals surface area contributed by atoms with Gasteiger partial charge < -0.3 is 4.74 Å². The van der Waals surface area contributed by atoms with Gasteiger partial charge in [0, 0.05) is 11.6 Å². The average molecular weight is 163 g/mol. The van der Waals surface area contributed by atoms with E-state index < -0.39 is 0 Å². The summed E-state index contributed by atoms with van der Waals surface area (Å²) in [5.41, 5.74) is 1.25. The lowest BCUT2D eigenvalue weighted by Gasteiger charge is -2.15. The number of aliphatic imine (C=N–C) groups is 1. The van der Waals surface area contributed by atoms with Crippen molar-refractivity contribution in [2.45, 2.75) is 19.4 Å². The number of ether oxygens (including phenoxy) is 1. The number of methoxy groups -OCH3 is 1. The lowest BCUT2D eigenvalue weighted by Crippen LogP contribution is -2.13. The number of allylic oxidation sites excluding steroid dienone is 1. The molecular weight excluding hydrogens is 150 g/mol. The van der Waals surface area contributed by atoms with E-state index in [9.17, 15) is 0 Å². The Hall–Kier alpha value is -1.05. The SMILES string of the molecule is COC1=C[C@H]2N=C(C)C[C@H]2C=C1. The summed E-state index contributed by atoms with van der Waals surface area (Å²) in [5, 5.41) is 0. The van der Waals surface area contributed by atoms with Crippen molar-refractivity contribution >= 4 is 5.71 Å². The third kappa shape index (κ3) is 1.17. The smallest absolute Gasteiger partial charge is 0.116 e. The molecule has 0 fully saturated rings. The second kappa shape index (κ2) is 2.77. The normalized spacial score (nSPS) is 32.5. The van der Waals surface area contributed by atoms with E-state index in [2.05, 4.69) is 24.1 Å². The van der Waals surface area contributed by atoms with Crippen molar-refractivity contribution in [3.8, 4) is 0 Å². The Morgan fingerprint density at radius 2 is 2.42 bits per heavy atom. The van der Waals surface area contributed by atoms with Crippen LogP contribution < -0.4 is 0 Å². The molecule has 0 N–H and O–H groups in total. The summed E-state index contributed by atoms with van der Waals surface area (Å²) in [4.78, 5) is 4.52. The molecule has 12 heavy (non-hydrogen) atoms. The van der Waals surface area contributed by atoms with E-state index in [1.54, 1.807) is 7.11 Å². The van der Waals surface area contributed by atoms with Gasteiger partial charge >= 0.3 is 0 Å².